The Balaban J connectivity index is 1.67. The van der Waals surface area contributed by atoms with Crippen molar-refractivity contribution in [2.24, 2.45) is 5.92 Å². The van der Waals surface area contributed by atoms with Gasteiger partial charge in [0.2, 0.25) is 0 Å². The lowest BCUT2D eigenvalue weighted by Crippen LogP contribution is -2.48. The van der Waals surface area contributed by atoms with Crippen molar-refractivity contribution < 1.29 is 4.79 Å². The molecular weight excluding hydrogens is 342 g/mol. The number of rotatable bonds is 6. The summed E-state index contributed by atoms with van der Waals surface area (Å²) in [6.07, 6.45) is 4.75. The predicted molar refractivity (Wildman–Crippen MR) is 108 cm³/mol. The molecule has 1 amide bonds. The average molecular weight is 370 g/mol. The fraction of sp³-hybridized carbons (Fsp3) is 0.429. The maximum absolute atomic E-state index is 12.6. The molecule has 1 aliphatic heterocycles. The molecule has 5 heteroatoms. The largest absolute Gasteiger partial charge is 0.350 e. The third kappa shape index (κ3) is 4.27. The number of pyridine rings is 1. The van der Waals surface area contributed by atoms with E-state index in [1.165, 1.54) is 22.9 Å². The number of hydrogen-bond acceptors (Lipinski definition) is 4. The summed E-state index contributed by atoms with van der Waals surface area (Å²) in [5.41, 5.74) is 3.52. The Bertz CT molecular complexity index is 762. The van der Waals surface area contributed by atoms with Crippen LogP contribution in [0.1, 0.15) is 35.3 Å². The summed E-state index contributed by atoms with van der Waals surface area (Å²) >= 11 is 1.50. The normalized spacial score (nSPS) is 15.5. The van der Waals surface area contributed by atoms with Gasteiger partial charge in [-0.25, -0.2) is 4.98 Å². The molecule has 1 atom stereocenters. The maximum Gasteiger partial charge on any atom is 0.254 e. The number of amides is 1. The van der Waals surface area contributed by atoms with Gasteiger partial charge in [-0.2, -0.15) is 0 Å². The lowest BCUT2D eigenvalue weighted by molar-refractivity contribution is 0.0900. The molecule has 0 spiro atoms. The molecule has 3 rings (SSSR count). The minimum atomic E-state index is -0.0366. The first kappa shape index (κ1) is 18.9. The fourth-order valence-electron chi connectivity index (χ4n) is 3.61. The number of benzene rings is 1. The number of carbonyl (C=O) groups excluding carboxylic acids is 1. The van der Waals surface area contributed by atoms with Gasteiger partial charge in [-0.3, -0.25) is 9.69 Å². The second-order valence-corrected chi connectivity index (χ2v) is 7.87. The van der Waals surface area contributed by atoms with E-state index >= 15 is 0 Å². The van der Waals surface area contributed by atoms with Gasteiger partial charge in [0, 0.05) is 31.9 Å². The Morgan fingerprint density at radius 3 is 2.73 bits per heavy atom. The molecule has 138 valence electrons. The van der Waals surface area contributed by atoms with Crippen molar-refractivity contribution in [3.8, 4) is 0 Å². The monoisotopic (exact) mass is 369 g/mol. The van der Waals surface area contributed by atoms with Crippen LogP contribution in [-0.4, -0.2) is 41.2 Å². The van der Waals surface area contributed by atoms with Gasteiger partial charge in [-0.15, -0.1) is 11.8 Å². The molecular formula is C21H27N3OS. The lowest BCUT2D eigenvalue weighted by atomic mass is 9.95. The minimum Gasteiger partial charge on any atom is -0.350 e. The van der Waals surface area contributed by atoms with E-state index in [2.05, 4.69) is 53.3 Å². The average Bonchev–Trinajstić information content (AvgIpc) is 2.67. The van der Waals surface area contributed by atoms with Gasteiger partial charge in [0.1, 0.15) is 5.03 Å². The van der Waals surface area contributed by atoms with Gasteiger partial charge in [0.25, 0.3) is 5.91 Å². The third-order valence-electron chi connectivity index (χ3n) is 5.08. The van der Waals surface area contributed by atoms with Crippen molar-refractivity contribution >= 4 is 17.7 Å². The molecule has 2 heterocycles. The second kappa shape index (κ2) is 8.69. The summed E-state index contributed by atoms with van der Waals surface area (Å²) in [4.78, 5) is 19.4. The number of fused-ring (bicyclic) bond motifs is 1. The Kier molecular flexibility index (Phi) is 6.33. The van der Waals surface area contributed by atoms with E-state index in [0.29, 0.717) is 24.1 Å². The molecule has 2 aromatic rings. The van der Waals surface area contributed by atoms with Crippen molar-refractivity contribution in [3.63, 3.8) is 0 Å². The molecule has 1 aliphatic rings. The van der Waals surface area contributed by atoms with Gasteiger partial charge in [0.05, 0.1) is 5.56 Å². The van der Waals surface area contributed by atoms with E-state index in [1.807, 2.05) is 18.4 Å². The van der Waals surface area contributed by atoms with Crippen LogP contribution in [-0.2, 0) is 13.0 Å². The zero-order valence-electron chi connectivity index (χ0n) is 15.7. The molecule has 0 unspecified atom stereocenters. The highest BCUT2D eigenvalue weighted by Crippen LogP contribution is 2.23. The van der Waals surface area contributed by atoms with Crippen LogP contribution >= 0.6 is 11.8 Å². The fourth-order valence-corrected chi connectivity index (χ4v) is 4.15. The minimum absolute atomic E-state index is 0.0366. The summed E-state index contributed by atoms with van der Waals surface area (Å²) in [6.45, 7) is 7.11. The molecule has 4 nitrogen and oxygen atoms in total. The van der Waals surface area contributed by atoms with Gasteiger partial charge in [0.15, 0.2) is 0 Å². The number of thioether (sulfide) groups is 1. The Labute approximate surface area is 160 Å². The molecule has 0 saturated carbocycles. The van der Waals surface area contributed by atoms with Crippen LogP contribution in [0.5, 0.6) is 0 Å². The highest BCUT2D eigenvalue weighted by molar-refractivity contribution is 7.98. The van der Waals surface area contributed by atoms with E-state index in [0.717, 1.165) is 24.5 Å². The summed E-state index contributed by atoms with van der Waals surface area (Å²) < 4.78 is 0. The topological polar surface area (TPSA) is 45.2 Å². The standard InChI is InChI=1S/C21H27N3OS/c1-15(2)19(24-12-10-16-7-4-5-8-17(16)14-24)13-23-20(25)18-9-6-11-22-21(18)26-3/h4-9,11,15,19H,10,12-14H2,1-3H3,(H,23,25)/t19-/m0/s1. The molecule has 1 aromatic heterocycles. The SMILES string of the molecule is CSc1ncccc1C(=O)NC[C@@H](C(C)C)N1CCc2ccccc2C1. The van der Waals surface area contributed by atoms with E-state index in [1.54, 1.807) is 6.20 Å². The highest BCUT2D eigenvalue weighted by atomic mass is 32.2. The van der Waals surface area contributed by atoms with Crippen molar-refractivity contribution in [3.05, 3.63) is 59.3 Å². The van der Waals surface area contributed by atoms with Crippen LogP contribution in [0.4, 0.5) is 0 Å². The van der Waals surface area contributed by atoms with Crippen molar-refractivity contribution in [1.82, 2.24) is 15.2 Å². The second-order valence-electron chi connectivity index (χ2n) is 7.07. The molecule has 0 saturated heterocycles. The van der Waals surface area contributed by atoms with Crippen LogP contribution in [0.3, 0.4) is 0 Å². The number of nitrogens with zero attached hydrogens (tertiary/aromatic N) is 2. The van der Waals surface area contributed by atoms with Crippen LogP contribution in [0.15, 0.2) is 47.6 Å². The zero-order valence-corrected chi connectivity index (χ0v) is 16.6. The van der Waals surface area contributed by atoms with E-state index in [9.17, 15) is 4.79 Å². The third-order valence-corrected chi connectivity index (χ3v) is 5.79. The zero-order chi connectivity index (χ0) is 18.5. The number of carbonyl (C=O) groups is 1. The van der Waals surface area contributed by atoms with E-state index < -0.39 is 0 Å². The molecule has 0 bridgehead atoms. The van der Waals surface area contributed by atoms with Gasteiger partial charge in [-0.1, -0.05) is 38.1 Å². The van der Waals surface area contributed by atoms with Crippen LogP contribution in [0.2, 0.25) is 0 Å². The first-order chi connectivity index (χ1) is 12.6. The quantitative estimate of drug-likeness (QED) is 0.790. The highest BCUT2D eigenvalue weighted by Gasteiger charge is 2.26. The summed E-state index contributed by atoms with van der Waals surface area (Å²) in [5, 5.41) is 3.92. The number of aromatic nitrogens is 1. The predicted octanol–water partition coefficient (Wildman–Crippen LogP) is 3.62. The van der Waals surface area contributed by atoms with Crippen LogP contribution < -0.4 is 5.32 Å². The first-order valence-electron chi connectivity index (χ1n) is 9.18. The summed E-state index contributed by atoms with van der Waals surface area (Å²) in [7, 11) is 0. The Morgan fingerprint density at radius 2 is 2.00 bits per heavy atom. The maximum atomic E-state index is 12.6. The van der Waals surface area contributed by atoms with Crippen LogP contribution in [0.25, 0.3) is 0 Å². The molecule has 1 aromatic carbocycles. The molecule has 1 N–H and O–H groups in total. The molecule has 0 aliphatic carbocycles. The first-order valence-corrected chi connectivity index (χ1v) is 10.4. The van der Waals surface area contributed by atoms with Crippen molar-refractivity contribution in [1.29, 1.82) is 0 Å². The van der Waals surface area contributed by atoms with Crippen molar-refractivity contribution in [2.75, 3.05) is 19.3 Å². The molecule has 0 radical (unpaired) electrons. The summed E-state index contributed by atoms with van der Waals surface area (Å²) in [6, 6.07) is 12.7. The van der Waals surface area contributed by atoms with Crippen molar-refractivity contribution in [2.45, 2.75) is 37.9 Å². The van der Waals surface area contributed by atoms with E-state index in [4.69, 9.17) is 0 Å². The van der Waals surface area contributed by atoms with Gasteiger partial charge in [-0.05, 0) is 41.9 Å². The molecule has 0 fully saturated rings. The Hall–Kier alpha value is -1.85. The van der Waals surface area contributed by atoms with Crippen LogP contribution in [0, 0.1) is 5.92 Å². The molecule has 26 heavy (non-hydrogen) atoms. The number of hydrogen-bond donors (Lipinski definition) is 1. The lowest BCUT2D eigenvalue weighted by Gasteiger charge is -2.38. The summed E-state index contributed by atoms with van der Waals surface area (Å²) in [5.74, 6) is 0.431. The smallest absolute Gasteiger partial charge is 0.254 e. The number of nitrogens with one attached hydrogen (secondary N) is 1. The Morgan fingerprint density at radius 1 is 1.23 bits per heavy atom. The van der Waals surface area contributed by atoms with Gasteiger partial charge < -0.3 is 5.32 Å². The van der Waals surface area contributed by atoms with E-state index in [-0.39, 0.29) is 5.91 Å². The van der Waals surface area contributed by atoms with Gasteiger partial charge >= 0.3 is 0 Å².